The van der Waals surface area contributed by atoms with Crippen molar-refractivity contribution in [3.05, 3.63) is 60.0 Å². The molecule has 0 saturated carbocycles. The van der Waals surface area contributed by atoms with E-state index in [4.69, 9.17) is 0 Å². The Morgan fingerprint density at radius 2 is 2.09 bits per heavy atom. The van der Waals surface area contributed by atoms with Crippen molar-refractivity contribution in [2.75, 3.05) is 0 Å². The fourth-order valence-electron chi connectivity index (χ4n) is 2.63. The largest absolute Gasteiger partial charge is 0.344 e. The summed E-state index contributed by atoms with van der Waals surface area (Å²) in [6.07, 6.45) is 4.08. The van der Waals surface area contributed by atoms with E-state index >= 15 is 0 Å². The Bertz CT molecular complexity index is 790. The van der Waals surface area contributed by atoms with Crippen LogP contribution in [0.25, 0.3) is 11.3 Å². The standard InChI is InChI=1S/C17H19N5O/c1-3-14(15-9-10-19-22(15)2)20-17(23)13-11-18-21-16(13)12-7-5-4-6-8-12/h4-11,14H,3H2,1-2H3,(H,18,21)(H,20,23). The zero-order valence-electron chi connectivity index (χ0n) is 13.2. The number of aromatic nitrogens is 4. The highest BCUT2D eigenvalue weighted by molar-refractivity contribution is 5.99. The van der Waals surface area contributed by atoms with Gasteiger partial charge < -0.3 is 5.32 Å². The molecule has 118 valence electrons. The summed E-state index contributed by atoms with van der Waals surface area (Å²) in [7, 11) is 1.87. The minimum Gasteiger partial charge on any atom is -0.344 e. The number of aromatic amines is 1. The van der Waals surface area contributed by atoms with Gasteiger partial charge in [0.1, 0.15) is 0 Å². The summed E-state index contributed by atoms with van der Waals surface area (Å²) in [4.78, 5) is 12.7. The molecular formula is C17H19N5O. The maximum absolute atomic E-state index is 12.7. The van der Waals surface area contributed by atoms with Crippen LogP contribution in [0.15, 0.2) is 48.8 Å². The van der Waals surface area contributed by atoms with Crippen LogP contribution in [0, 0.1) is 0 Å². The minimum atomic E-state index is -0.148. The number of hydrogen-bond acceptors (Lipinski definition) is 3. The number of H-pyrrole nitrogens is 1. The highest BCUT2D eigenvalue weighted by atomic mass is 16.1. The van der Waals surface area contributed by atoms with Crippen molar-refractivity contribution in [1.82, 2.24) is 25.3 Å². The van der Waals surface area contributed by atoms with Crippen molar-refractivity contribution in [1.29, 1.82) is 0 Å². The lowest BCUT2D eigenvalue weighted by atomic mass is 10.1. The first kappa shape index (κ1) is 15.0. The van der Waals surface area contributed by atoms with Crippen LogP contribution in [0.1, 0.15) is 35.4 Å². The second-order valence-electron chi connectivity index (χ2n) is 5.34. The normalized spacial score (nSPS) is 12.1. The summed E-state index contributed by atoms with van der Waals surface area (Å²) in [5, 5.41) is 14.2. The summed E-state index contributed by atoms with van der Waals surface area (Å²) in [5.41, 5.74) is 3.18. The van der Waals surface area contributed by atoms with E-state index in [0.29, 0.717) is 5.56 Å². The van der Waals surface area contributed by atoms with Crippen LogP contribution in [0.4, 0.5) is 0 Å². The fourth-order valence-corrected chi connectivity index (χ4v) is 2.63. The second kappa shape index (κ2) is 6.48. The summed E-state index contributed by atoms with van der Waals surface area (Å²) in [5.74, 6) is -0.148. The molecule has 0 bridgehead atoms. The van der Waals surface area contributed by atoms with E-state index in [1.165, 1.54) is 0 Å². The van der Waals surface area contributed by atoms with Crippen LogP contribution in [0.3, 0.4) is 0 Å². The third-order valence-corrected chi connectivity index (χ3v) is 3.88. The molecule has 0 fully saturated rings. The Morgan fingerprint density at radius 1 is 1.30 bits per heavy atom. The average Bonchev–Trinajstić information content (AvgIpc) is 3.22. The highest BCUT2D eigenvalue weighted by Crippen LogP contribution is 2.22. The first-order valence-electron chi connectivity index (χ1n) is 7.58. The van der Waals surface area contributed by atoms with E-state index in [2.05, 4.69) is 20.6 Å². The molecule has 0 aliphatic carbocycles. The first-order valence-corrected chi connectivity index (χ1v) is 7.58. The van der Waals surface area contributed by atoms with E-state index < -0.39 is 0 Å². The van der Waals surface area contributed by atoms with Gasteiger partial charge >= 0.3 is 0 Å². The number of rotatable bonds is 5. The third-order valence-electron chi connectivity index (χ3n) is 3.88. The van der Waals surface area contributed by atoms with Gasteiger partial charge in [-0.15, -0.1) is 0 Å². The van der Waals surface area contributed by atoms with Crippen molar-refractivity contribution >= 4 is 5.91 Å². The molecule has 6 heteroatoms. The molecule has 0 aliphatic heterocycles. The molecule has 1 unspecified atom stereocenters. The van der Waals surface area contributed by atoms with Gasteiger partial charge in [-0.25, -0.2) is 0 Å². The van der Waals surface area contributed by atoms with Gasteiger partial charge in [-0.1, -0.05) is 37.3 Å². The van der Waals surface area contributed by atoms with Crippen molar-refractivity contribution in [3.63, 3.8) is 0 Å². The van der Waals surface area contributed by atoms with Gasteiger partial charge in [0.05, 0.1) is 29.2 Å². The maximum Gasteiger partial charge on any atom is 0.255 e. The number of benzene rings is 1. The Balaban J connectivity index is 1.84. The number of amides is 1. The summed E-state index contributed by atoms with van der Waals surface area (Å²) >= 11 is 0. The zero-order valence-corrected chi connectivity index (χ0v) is 13.2. The molecular weight excluding hydrogens is 290 g/mol. The maximum atomic E-state index is 12.7. The number of carbonyl (C=O) groups is 1. The smallest absolute Gasteiger partial charge is 0.255 e. The summed E-state index contributed by atoms with van der Waals surface area (Å²) < 4.78 is 1.78. The molecule has 3 rings (SSSR count). The number of aryl methyl sites for hydroxylation is 1. The molecule has 2 aromatic heterocycles. The second-order valence-corrected chi connectivity index (χ2v) is 5.34. The Morgan fingerprint density at radius 3 is 2.74 bits per heavy atom. The molecule has 0 radical (unpaired) electrons. The average molecular weight is 309 g/mol. The van der Waals surface area contributed by atoms with Gasteiger partial charge in [0.15, 0.2) is 0 Å². The summed E-state index contributed by atoms with van der Waals surface area (Å²) in [6.45, 7) is 2.03. The molecule has 2 N–H and O–H groups in total. The number of nitrogens with zero attached hydrogens (tertiary/aromatic N) is 3. The Hall–Kier alpha value is -2.89. The molecule has 1 atom stereocenters. The van der Waals surface area contributed by atoms with Crippen molar-refractivity contribution < 1.29 is 4.79 Å². The van der Waals surface area contributed by atoms with E-state index in [0.717, 1.165) is 23.4 Å². The lowest BCUT2D eigenvalue weighted by Crippen LogP contribution is -2.29. The molecule has 23 heavy (non-hydrogen) atoms. The monoisotopic (exact) mass is 309 g/mol. The van der Waals surface area contributed by atoms with Crippen molar-refractivity contribution in [2.24, 2.45) is 7.05 Å². The van der Waals surface area contributed by atoms with E-state index in [1.807, 2.05) is 50.4 Å². The van der Waals surface area contributed by atoms with E-state index in [9.17, 15) is 4.79 Å². The highest BCUT2D eigenvalue weighted by Gasteiger charge is 2.20. The van der Waals surface area contributed by atoms with Gasteiger partial charge in [-0.05, 0) is 12.5 Å². The van der Waals surface area contributed by atoms with Gasteiger partial charge in [0.25, 0.3) is 5.91 Å². The molecule has 1 aromatic carbocycles. The predicted octanol–water partition coefficient (Wildman–Crippen LogP) is 2.69. The van der Waals surface area contributed by atoms with Crippen LogP contribution in [-0.2, 0) is 7.05 Å². The van der Waals surface area contributed by atoms with Gasteiger partial charge in [0, 0.05) is 18.8 Å². The fraction of sp³-hybridized carbons (Fsp3) is 0.235. The molecule has 1 amide bonds. The first-order chi connectivity index (χ1) is 11.2. The lowest BCUT2D eigenvalue weighted by molar-refractivity contribution is 0.0934. The van der Waals surface area contributed by atoms with E-state index in [1.54, 1.807) is 17.1 Å². The molecule has 0 spiro atoms. The Kier molecular flexibility index (Phi) is 4.23. The van der Waals surface area contributed by atoms with Crippen LogP contribution in [-0.4, -0.2) is 25.9 Å². The summed E-state index contributed by atoms with van der Waals surface area (Å²) in [6, 6.07) is 11.5. The predicted molar refractivity (Wildman–Crippen MR) is 87.7 cm³/mol. The minimum absolute atomic E-state index is 0.0893. The quantitative estimate of drug-likeness (QED) is 0.761. The molecule has 0 aliphatic rings. The van der Waals surface area contributed by atoms with Crippen LogP contribution in [0.5, 0.6) is 0 Å². The third kappa shape index (κ3) is 3.01. The van der Waals surface area contributed by atoms with Crippen LogP contribution >= 0.6 is 0 Å². The van der Waals surface area contributed by atoms with Crippen molar-refractivity contribution in [2.45, 2.75) is 19.4 Å². The van der Waals surface area contributed by atoms with Gasteiger partial charge in [-0.3, -0.25) is 14.6 Å². The van der Waals surface area contributed by atoms with E-state index in [-0.39, 0.29) is 11.9 Å². The topological polar surface area (TPSA) is 75.6 Å². The number of hydrogen-bond donors (Lipinski definition) is 2. The van der Waals surface area contributed by atoms with Crippen LogP contribution in [0.2, 0.25) is 0 Å². The van der Waals surface area contributed by atoms with Crippen LogP contribution < -0.4 is 5.32 Å². The SMILES string of the molecule is CCC(NC(=O)c1cn[nH]c1-c1ccccc1)c1ccnn1C. The molecule has 0 saturated heterocycles. The Labute approximate surface area is 134 Å². The number of carbonyl (C=O) groups excluding carboxylic acids is 1. The lowest BCUT2D eigenvalue weighted by Gasteiger charge is -2.17. The van der Waals surface area contributed by atoms with Gasteiger partial charge in [0.2, 0.25) is 0 Å². The molecule has 2 heterocycles. The van der Waals surface area contributed by atoms with Gasteiger partial charge in [-0.2, -0.15) is 10.2 Å². The molecule has 6 nitrogen and oxygen atoms in total. The molecule has 3 aromatic rings. The van der Waals surface area contributed by atoms with Crippen molar-refractivity contribution in [3.8, 4) is 11.3 Å². The number of nitrogens with one attached hydrogen (secondary N) is 2. The zero-order chi connectivity index (χ0) is 16.2.